The van der Waals surface area contributed by atoms with E-state index < -0.39 is 6.23 Å². The summed E-state index contributed by atoms with van der Waals surface area (Å²) in [5.74, 6) is 0. The van der Waals surface area contributed by atoms with Gasteiger partial charge in [0.2, 0.25) is 6.41 Å². The summed E-state index contributed by atoms with van der Waals surface area (Å²) in [6, 6.07) is 18.2. The summed E-state index contributed by atoms with van der Waals surface area (Å²) in [4.78, 5) is 10.8. The Balaban J connectivity index is 2.21. The molecule has 2 aromatic rings. The lowest BCUT2D eigenvalue weighted by Crippen LogP contribution is -2.31. The zero-order valence-corrected chi connectivity index (χ0v) is 12.7. The number of amides is 1. The summed E-state index contributed by atoms with van der Waals surface area (Å²) in [7, 11) is 0. The van der Waals surface area contributed by atoms with Crippen molar-refractivity contribution < 1.29 is 9.53 Å². The first-order valence-corrected chi connectivity index (χ1v) is 7.02. The zero-order chi connectivity index (χ0) is 15.3. The van der Waals surface area contributed by atoms with Crippen LogP contribution in [0.4, 0.5) is 0 Å². The molecule has 0 bridgehead atoms. The average molecular weight is 283 g/mol. The lowest BCUT2D eigenvalue weighted by molar-refractivity contribution is -0.120. The van der Waals surface area contributed by atoms with Gasteiger partial charge in [-0.3, -0.25) is 4.79 Å². The van der Waals surface area contributed by atoms with Crippen LogP contribution in [-0.2, 0) is 9.53 Å². The van der Waals surface area contributed by atoms with Crippen LogP contribution in [-0.4, -0.2) is 12.0 Å². The molecule has 3 heteroatoms. The Labute approximate surface area is 126 Å². The number of rotatable bonds is 5. The van der Waals surface area contributed by atoms with E-state index in [0.717, 1.165) is 11.1 Å². The van der Waals surface area contributed by atoms with Crippen molar-refractivity contribution in [2.24, 2.45) is 0 Å². The minimum Gasteiger partial charge on any atom is -0.349 e. The Kier molecular flexibility index (Phi) is 4.76. The van der Waals surface area contributed by atoms with Crippen LogP contribution in [0.25, 0.3) is 11.1 Å². The molecule has 3 nitrogen and oxygen atoms in total. The molecule has 1 amide bonds. The number of carbonyl (C=O) groups excluding carboxylic acids is 1. The van der Waals surface area contributed by atoms with Gasteiger partial charge in [0.05, 0.1) is 5.60 Å². The Bertz CT molecular complexity index is 570. The van der Waals surface area contributed by atoms with E-state index in [1.807, 2.05) is 63.2 Å². The molecule has 2 aromatic carbocycles. The van der Waals surface area contributed by atoms with Crippen molar-refractivity contribution in [1.82, 2.24) is 5.32 Å². The molecule has 0 saturated carbocycles. The maximum atomic E-state index is 10.8. The van der Waals surface area contributed by atoms with Gasteiger partial charge < -0.3 is 10.1 Å². The lowest BCUT2D eigenvalue weighted by atomic mass is 10.0. The van der Waals surface area contributed by atoms with Crippen LogP contribution in [0.1, 0.15) is 32.6 Å². The smallest absolute Gasteiger partial charge is 0.209 e. The SMILES string of the molecule is CC(C)(C)OC(NC=O)c1ccc(-c2ccccc2)cc1. The molecule has 0 radical (unpaired) electrons. The summed E-state index contributed by atoms with van der Waals surface area (Å²) in [6.45, 7) is 5.89. The minimum atomic E-state index is -0.438. The summed E-state index contributed by atoms with van der Waals surface area (Å²) in [5.41, 5.74) is 2.90. The van der Waals surface area contributed by atoms with Crippen molar-refractivity contribution in [2.45, 2.75) is 32.6 Å². The molecule has 21 heavy (non-hydrogen) atoms. The van der Waals surface area contributed by atoms with E-state index in [9.17, 15) is 4.79 Å². The van der Waals surface area contributed by atoms with Crippen LogP contribution in [0.2, 0.25) is 0 Å². The van der Waals surface area contributed by atoms with Gasteiger partial charge in [0.15, 0.2) is 6.23 Å². The largest absolute Gasteiger partial charge is 0.349 e. The van der Waals surface area contributed by atoms with Gasteiger partial charge in [-0.15, -0.1) is 0 Å². The minimum absolute atomic E-state index is 0.335. The number of nitrogens with one attached hydrogen (secondary N) is 1. The molecule has 1 atom stereocenters. The van der Waals surface area contributed by atoms with Gasteiger partial charge in [-0.25, -0.2) is 0 Å². The first-order chi connectivity index (χ1) is 9.99. The first kappa shape index (κ1) is 15.3. The molecule has 0 aliphatic rings. The van der Waals surface area contributed by atoms with E-state index >= 15 is 0 Å². The quantitative estimate of drug-likeness (QED) is 0.667. The second-order valence-electron chi connectivity index (χ2n) is 5.88. The molecule has 0 aliphatic carbocycles. The topological polar surface area (TPSA) is 38.3 Å². The van der Waals surface area contributed by atoms with Crippen LogP contribution in [0.3, 0.4) is 0 Å². The number of carbonyl (C=O) groups is 1. The van der Waals surface area contributed by atoms with Gasteiger partial charge in [0, 0.05) is 5.56 Å². The van der Waals surface area contributed by atoms with Crippen molar-refractivity contribution in [2.75, 3.05) is 0 Å². The van der Waals surface area contributed by atoms with Gasteiger partial charge in [-0.05, 0) is 31.9 Å². The Morgan fingerprint density at radius 2 is 1.52 bits per heavy atom. The molecule has 110 valence electrons. The van der Waals surface area contributed by atoms with Crippen LogP contribution >= 0.6 is 0 Å². The van der Waals surface area contributed by atoms with E-state index in [4.69, 9.17) is 4.74 Å². The fourth-order valence-electron chi connectivity index (χ4n) is 2.09. The number of benzene rings is 2. The molecule has 0 fully saturated rings. The van der Waals surface area contributed by atoms with Crippen molar-refractivity contribution in [3.05, 3.63) is 60.2 Å². The van der Waals surface area contributed by atoms with Gasteiger partial charge in [-0.2, -0.15) is 0 Å². The standard InChI is InChI=1S/C18H21NO2/c1-18(2,3)21-17(19-13-20)16-11-9-15(10-12-16)14-7-5-4-6-8-14/h4-13,17H,1-3H3,(H,19,20). The predicted molar refractivity (Wildman–Crippen MR) is 84.7 cm³/mol. The van der Waals surface area contributed by atoms with Crippen LogP contribution < -0.4 is 5.32 Å². The lowest BCUT2D eigenvalue weighted by Gasteiger charge is -2.27. The highest BCUT2D eigenvalue weighted by molar-refractivity contribution is 5.63. The van der Waals surface area contributed by atoms with Gasteiger partial charge in [0.25, 0.3) is 0 Å². The highest BCUT2D eigenvalue weighted by atomic mass is 16.5. The fourth-order valence-corrected chi connectivity index (χ4v) is 2.09. The first-order valence-electron chi connectivity index (χ1n) is 7.02. The van der Waals surface area contributed by atoms with Crippen molar-refractivity contribution in [3.8, 4) is 11.1 Å². The molecule has 1 N–H and O–H groups in total. The monoisotopic (exact) mass is 283 g/mol. The highest BCUT2D eigenvalue weighted by Gasteiger charge is 2.19. The Morgan fingerprint density at radius 3 is 2.05 bits per heavy atom. The van der Waals surface area contributed by atoms with Crippen molar-refractivity contribution in [3.63, 3.8) is 0 Å². The predicted octanol–water partition coefficient (Wildman–Crippen LogP) is 3.91. The van der Waals surface area contributed by atoms with Crippen LogP contribution in [0, 0.1) is 0 Å². The summed E-state index contributed by atoms with van der Waals surface area (Å²) < 4.78 is 5.87. The van der Waals surface area contributed by atoms with E-state index in [1.54, 1.807) is 0 Å². The molecular formula is C18H21NO2. The van der Waals surface area contributed by atoms with E-state index in [1.165, 1.54) is 5.56 Å². The second kappa shape index (κ2) is 6.55. The fraction of sp³-hybridized carbons (Fsp3) is 0.278. The van der Waals surface area contributed by atoms with Crippen molar-refractivity contribution >= 4 is 6.41 Å². The normalized spacial score (nSPS) is 12.7. The van der Waals surface area contributed by atoms with E-state index in [0.29, 0.717) is 6.41 Å². The third-order valence-electron chi connectivity index (χ3n) is 3.01. The van der Waals surface area contributed by atoms with Gasteiger partial charge >= 0.3 is 0 Å². The van der Waals surface area contributed by atoms with Crippen LogP contribution in [0.15, 0.2) is 54.6 Å². The Morgan fingerprint density at radius 1 is 0.952 bits per heavy atom. The number of hydrogen-bond donors (Lipinski definition) is 1. The molecule has 0 aliphatic heterocycles. The molecule has 2 rings (SSSR count). The number of hydrogen-bond acceptors (Lipinski definition) is 2. The second-order valence-corrected chi connectivity index (χ2v) is 5.88. The van der Waals surface area contributed by atoms with Crippen molar-refractivity contribution in [1.29, 1.82) is 0 Å². The van der Waals surface area contributed by atoms with E-state index in [-0.39, 0.29) is 5.60 Å². The maximum Gasteiger partial charge on any atom is 0.209 e. The van der Waals surface area contributed by atoms with E-state index in [2.05, 4.69) is 17.4 Å². The molecule has 0 heterocycles. The average Bonchev–Trinajstić information content (AvgIpc) is 2.47. The summed E-state index contributed by atoms with van der Waals surface area (Å²) in [6.07, 6.45) is 0.231. The molecule has 0 aromatic heterocycles. The van der Waals surface area contributed by atoms with Gasteiger partial charge in [0.1, 0.15) is 0 Å². The molecular weight excluding hydrogens is 262 g/mol. The third kappa shape index (κ3) is 4.43. The summed E-state index contributed by atoms with van der Waals surface area (Å²) in [5, 5.41) is 2.71. The number of ether oxygens (including phenoxy) is 1. The van der Waals surface area contributed by atoms with Crippen LogP contribution in [0.5, 0.6) is 0 Å². The maximum absolute atomic E-state index is 10.8. The van der Waals surface area contributed by atoms with Gasteiger partial charge in [-0.1, -0.05) is 54.6 Å². The Hall–Kier alpha value is -2.13. The summed E-state index contributed by atoms with van der Waals surface area (Å²) >= 11 is 0. The molecule has 0 saturated heterocycles. The molecule has 0 spiro atoms. The zero-order valence-electron chi connectivity index (χ0n) is 12.7. The highest BCUT2D eigenvalue weighted by Crippen LogP contribution is 2.25. The molecule has 1 unspecified atom stereocenters. The third-order valence-corrected chi connectivity index (χ3v) is 3.01.